The van der Waals surface area contributed by atoms with Crippen LogP contribution in [0.25, 0.3) is 10.8 Å². The van der Waals surface area contributed by atoms with Crippen LogP contribution in [0.4, 0.5) is 0 Å². The highest BCUT2D eigenvalue weighted by Gasteiger charge is 2.63. The molecule has 2 amide bonds. The molecule has 3 atom stereocenters. The Balaban J connectivity index is 1.37. The fraction of sp³-hybridized carbons (Fsp3) is 0.316. The van der Waals surface area contributed by atoms with Gasteiger partial charge in [-0.25, -0.2) is 0 Å². The van der Waals surface area contributed by atoms with Crippen molar-refractivity contribution < 1.29 is 9.59 Å². The second-order valence-corrected chi connectivity index (χ2v) is 9.31. The number of aromatic nitrogens is 4. The second kappa shape index (κ2) is 6.03. The van der Waals surface area contributed by atoms with E-state index in [0.717, 1.165) is 10.8 Å². The minimum absolute atomic E-state index is 0.119. The number of aromatic amines is 1. The first-order valence-electron chi connectivity index (χ1n) is 8.99. The second-order valence-electron chi connectivity index (χ2n) is 7.54. The van der Waals surface area contributed by atoms with E-state index >= 15 is 0 Å². The summed E-state index contributed by atoms with van der Waals surface area (Å²) >= 11 is 1.64. The molecule has 8 nitrogen and oxygen atoms in total. The number of thioether (sulfide) groups is 1. The first-order valence-corrected chi connectivity index (χ1v) is 9.87. The van der Waals surface area contributed by atoms with Gasteiger partial charge >= 0.3 is 0 Å². The predicted octanol–water partition coefficient (Wildman–Crippen LogP) is 1.89. The number of nitrogens with zero attached hydrogens (tertiary/aromatic N) is 4. The Labute approximate surface area is 165 Å². The highest BCUT2D eigenvalue weighted by atomic mass is 32.2. The van der Waals surface area contributed by atoms with Gasteiger partial charge in [0.25, 0.3) is 5.91 Å². The predicted molar refractivity (Wildman–Crippen MR) is 104 cm³/mol. The quantitative estimate of drug-likeness (QED) is 0.658. The van der Waals surface area contributed by atoms with E-state index in [1.807, 2.05) is 50.2 Å². The molecule has 3 aromatic rings. The van der Waals surface area contributed by atoms with Crippen LogP contribution in [0, 0.1) is 0 Å². The first-order chi connectivity index (χ1) is 13.5. The molecule has 2 aliphatic rings. The van der Waals surface area contributed by atoms with Crippen LogP contribution >= 0.6 is 11.8 Å². The third kappa shape index (κ3) is 2.50. The number of rotatable bonds is 3. The Kier molecular flexibility index (Phi) is 3.70. The van der Waals surface area contributed by atoms with Crippen LogP contribution in [0.5, 0.6) is 0 Å². The molecule has 2 N–H and O–H groups in total. The molecule has 28 heavy (non-hydrogen) atoms. The zero-order valence-electron chi connectivity index (χ0n) is 15.3. The molecule has 1 aromatic heterocycles. The number of nitrogens with one attached hydrogen (secondary N) is 2. The number of hydrogen-bond acceptors (Lipinski definition) is 6. The Hall–Kier alpha value is -2.94. The molecule has 0 spiro atoms. The molecule has 5 rings (SSSR count). The summed E-state index contributed by atoms with van der Waals surface area (Å²) in [6, 6.07) is 12.6. The molecule has 9 heteroatoms. The number of amides is 2. The van der Waals surface area contributed by atoms with Crippen molar-refractivity contribution in [1.29, 1.82) is 0 Å². The van der Waals surface area contributed by atoms with Gasteiger partial charge in [-0.3, -0.25) is 9.59 Å². The van der Waals surface area contributed by atoms with Gasteiger partial charge in [-0.1, -0.05) is 35.5 Å². The summed E-state index contributed by atoms with van der Waals surface area (Å²) in [7, 11) is 0. The van der Waals surface area contributed by atoms with Gasteiger partial charge in [0.1, 0.15) is 17.5 Å². The lowest BCUT2D eigenvalue weighted by molar-refractivity contribution is -0.148. The van der Waals surface area contributed by atoms with E-state index in [1.54, 1.807) is 22.7 Å². The largest absolute Gasteiger partial charge is 0.338 e. The SMILES string of the molecule is CC1(C)S[C@H]2C(NC(=O)c3ccc4ccccc4c3)C(=O)N2C1c1nn[nH]n1. The lowest BCUT2D eigenvalue weighted by Gasteiger charge is -2.44. The summed E-state index contributed by atoms with van der Waals surface area (Å²) in [5.74, 6) is 0.129. The fourth-order valence-electron chi connectivity index (χ4n) is 4.00. The van der Waals surface area contributed by atoms with Gasteiger partial charge in [-0.15, -0.1) is 22.0 Å². The number of tetrazole rings is 1. The molecular weight excluding hydrogens is 376 g/mol. The van der Waals surface area contributed by atoms with E-state index in [9.17, 15) is 9.59 Å². The summed E-state index contributed by atoms with van der Waals surface area (Å²) in [4.78, 5) is 27.3. The maximum absolute atomic E-state index is 12.8. The summed E-state index contributed by atoms with van der Waals surface area (Å²) in [5.41, 5.74) is 0.543. The van der Waals surface area contributed by atoms with Crippen LogP contribution in [-0.4, -0.2) is 53.5 Å². The number of β-lactam (4-membered cyclic amide) rings is 1. The highest BCUT2D eigenvalue weighted by molar-refractivity contribution is 8.01. The Morgan fingerprint density at radius 3 is 2.75 bits per heavy atom. The third-order valence-electron chi connectivity index (χ3n) is 5.35. The molecule has 0 radical (unpaired) electrons. The van der Waals surface area contributed by atoms with E-state index in [0.29, 0.717) is 11.4 Å². The zero-order valence-corrected chi connectivity index (χ0v) is 16.1. The molecule has 3 heterocycles. The topological polar surface area (TPSA) is 104 Å². The van der Waals surface area contributed by atoms with Crippen molar-refractivity contribution in [2.24, 2.45) is 0 Å². The van der Waals surface area contributed by atoms with Crippen LogP contribution < -0.4 is 5.32 Å². The number of carbonyl (C=O) groups excluding carboxylic acids is 2. The van der Waals surface area contributed by atoms with Crippen LogP contribution in [0.1, 0.15) is 36.1 Å². The molecule has 2 aromatic carbocycles. The minimum atomic E-state index is -0.555. The third-order valence-corrected chi connectivity index (χ3v) is 6.92. The van der Waals surface area contributed by atoms with Crippen LogP contribution in [-0.2, 0) is 4.79 Å². The fourth-order valence-corrected chi connectivity index (χ4v) is 5.63. The molecule has 0 aliphatic carbocycles. The summed E-state index contributed by atoms with van der Waals surface area (Å²) < 4.78 is -0.285. The number of fused-ring (bicyclic) bond motifs is 2. The summed E-state index contributed by atoms with van der Waals surface area (Å²) in [5, 5.41) is 19.0. The van der Waals surface area contributed by atoms with Crippen molar-refractivity contribution in [2.75, 3.05) is 0 Å². The Morgan fingerprint density at radius 2 is 2.00 bits per heavy atom. The number of benzene rings is 2. The summed E-state index contributed by atoms with van der Waals surface area (Å²) in [6.07, 6.45) is 0. The molecular formula is C19H18N6O2S. The van der Waals surface area contributed by atoms with E-state index in [4.69, 9.17) is 0 Å². The van der Waals surface area contributed by atoms with Crippen LogP contribution in [0.15, 0.2) is 42.5 Å². The van der Waals surface area contributed by atoms with E-state index in [-0.39, 0.29) is 28.0 Å². The molecule has 2 unspecified atom stereocenters. The maximum atomic E-state index is 12.8. The van der Waals surface area contributed by atoms with Crippen molar-refractivity contribution in [3.63, 3.8) is 0 Å². The Morgan fingerprint density at radius 1 is 1.21 bits per heavy atom. The smallest absolute Gasteiger partial charge is 0.252 e. The molecule has 142 valence electrons. The molecule has 2 saturated heterocycles. The first kappa shape index (κ1) is 17.2. The average Bonchev–Trinajstić information content (AvgIpc) is 3.29. The lowest BCUT2D eigenvalue weighted by Crippen LogP contribution is -2.67. The number of carbonyl (C=O) groups is 2. The van der Waals surface area contributed by atoms with Gasteiger partial charge in [0.05, 0.1) is 0 Å². The van der Waals surface area contributed by atoms with Gasteiger partial charge in [0.15, 0.2) is 5.82 Å². The Bertz CT molecular complexity index is 1080. The maximum Gasteiger partial charge on any atom is 0.252 e. The molecule has 2 fully saturated rings. The number of H-pyrrole nitrogens is 1. The van der Waals surface area contributed by atoms with Crippen LogP contribution in [0.2, 0.25) is 0 Å². The summed E-state index contributed by atoms with van der Waals surface area (Å²) in [6.45, 7) is 4.10. The van der Waals surface area contributed by atoms with Crippen molar-refractivity contribution in [2.45, 2.75) is 36.1 Å². The van der Waals surface area contributed by atoms with Gasteiger partial charge < -0.3 is 10.2 Å². The van der Waals surface area contributed by atoms with E-state index in [2.05, 4.69) is 25.9 Å². The molecule has 2 aliphatic heterocycles. The van der Waals surface area contributed by atoms with Crippen molar-refractivity contribution >= 4 is 34.3 Å². The van der Waals surface area contributed by atoms with E-state index < -0.39 is 6.04 Å². The molecule has 0 bridgehead atoms. The van der Waals surface area contributed by atoms with Crippen molar-refractivity contribution in [3.8, 4) is 0 Å². The minimum Gasteiger partial charge on any atom is -0.338 e. The van der Waals surface area contributed by atoms with Crippen LogP contribution in [0.3, 0.4) is 0 Å². The standard InChI is InChI=1S/C19H18N6O2S/c1-19(2)14(15-21-23-24-22-15)25-17(27)13(18(25)28-19)20-16(26)12-8-7-10-5-3-4-6-11(10)9-12/h3-9,13-14,18H,1-2H3,(H,20,26)(H,21,22,23,24)/t13?,14?,18-/m0/s1. The van der Waals surface area contributed by atoms with Gasteiger partial charge in [0.2, 0.25) is 5.91 Å². The van der Waals surface area contributed by atoms with E-state index in [1.165, 1.54) is 0 Å². The number of hydrogen-bond donors (Lipinski definition) is 2. The normalized spacial score (nSPS) is 25.4. The lowest BCUT2D eigenvalue weighted by atomic mass is 9.95. The van der Waals surface area contributed by atoms with Gasteiger partial charge in [0, 0.05) is 10.3 Å². The molecule has 0 saturated carbocycles. The average molecular weight is 394 g/mol. The zero-order chi connectivity index (χ0) is 19.5. The highest BCUT2D eigenvalue weighted by Crippen LogP contribution is 2.56. The van der Waals surface area contributed by atoms with Crippen molar-refractivity contribution in [3.05, 3.63) is 53.9 Å². The van der Waals surface area contributed by atoms with Gasteiger partial charge in [-0.2, -0.15) is 5.21 Å². The van der Waals surface area contributed by atoms with Gasteiger partial charge in [-0.05, 0) is 36.8 Å². The monoisotopic (exact) mass is 394 g/mol. The van der Waals surface area contributed by atoms with Crippen molar-refractivity contribution in [1.82, 2.24) is 30.8 Å².